The second-order valence-corrected chi connectivity index (χ2v) is 4.31. The molecule has 98 valence electrons. The van der Waals surface area contributed by atoms with Crippen LogP contribution in [0.5, 0.6) is 0 Å². The molecule has 0 bridgehead atoms. The SMILES string of the molecule is COC(=O)C(C)OC(=O)C(C)c1ccc(Cl)cc1. The van der Waals surface area contributed by atoms with Gasteiger partial charge in [-0.15, -0.1) is 0 Å². The van der Waals surface area contributed by atoms with Crippen LogP contribution in [0.2, 0.25) is 5.02 Å². The van der Waals surface area contributed by atoms with Crippen LogP contribution >= 0.6 is 11.6 Å². The second kappa shape index (κ2) is 6.40. The van der Waals surface area contributed by atoms with Crippen molar-refractivity contribution in [2.24, 2.45) is 0 Å². The quantitative estimate of drug-likeness (QED) is 0.789. The number of esters is 2. The molecule has 0 aliphatic rings. The van der Waals surface area contributed by atoms with Crippen LogP contribution in [0.15, 0.2) is 24.3 Å². The number of methoxy groups -OCH3 is 1. The maximum atomic E-state index is 11.8. The molecule has 0 aliphatic carbocycles. The van der Waals surface area contributed by atoms with Crippen LogP contribution in [0.25, 0.3) is 0 Å². The van der Waals surface area contributed by atoms with Gasteiger partial charge < -0.3 is 9.47 Å². The van der Waals surface area contributed by atoms with Gasteiger partial charge in [-0.2, -0.15) is 0 Å². The Labute approximate surface area is 111 Å². The molecular formula is C13H15ClO4. The van der Waals surface area contributed by atoms with Gasteiger partial charge in [0.2, 0.25) is 0 Å². The van der Waals surface area contributed by atoms with E-state index in [2.05, 4.69) is 4.74 Å². The molecule has 0 aliphatic heterocycles. The minimum atomic E-state index is -0.905. The summed E-state index contributed by atoms with van der Waals surface area (Å²) in [5, 5.41) is 0.599. The molecule has 0 heterocycles. The van der Waals surface area contributed by atoms with Gasteiger partial charge in [0.1, 0.15) is 0 Å². The zero-order valence-electron chi connectivity index (χ0n) is 10.5. The summed E-state index contributed by atoms with van der Waals surface area (Å²) in [5.74, 6) is -1.52. The van der Waals surface area contributed by atoms with Crippen molar-refractivity contribution in [2.45, 2.75) is 25.9 Å². The van der Waals surface area contributed by atoms with E-state index in [4.69, 9.17) is 16.3 Å². The van der Waals surface area contributed by atoms with Gasteiger partial charge in [0, 0.05) is 5.02 Å². The van der Waals surface area contributed by atoms with Crippen LogP contribution < -0.4 is 0 Å². The van der Waals surface area contributed by atoms with Crippen LogP contribution in [0, 0.1) is 0 Å². The van der Waals surface area contributed by atoms with Gasteiger partial charge in [0.15, 0.2) is 6.10 Å². The first kappa shape index (κ1) is 14.5. The van der Waals surface area contributed by atoms with E-state index in [1.165, 1.54) is 14.0 Å². The summed E-state index contributed by atoms with van der Waals surface area (Å²) in [5.41, 5.74) is 0.779. The van der Waals surface area contributed by atoms with Crippen LogP contribution in [0.3, 0.4) is 0 Å². The molecule has 5 heteroatoms. The minimum absolute atomic E-state index is 0.464. The summed E-state index contributed by atoms with van der Waals surface area (Å²) < 4.78 is 9.48. The lowest BCUT2D eigenvalue weighted by molar-refractivity contribution is -0.165. The van der Waals surface area contributed by atoms with Crippen molar-refractivity contribution in [3.63, 3.8) is 0 Å². The lowest BCUT2D eigenvalue weighted by atomic mass is 10.0. The highest BCUT2D eigenvalue weighted by Gasteiger charge is 2.23. The molecule has 2 atom stereocenters. The fourth-order valence-electron chi connectivity index (χ4n) is 1.38. The Bertz CT molecular complexity index is 427. The maximum Gasteiger partial charge on any atom is 0.346 e. The topological polar surface area (TPSA) is 52.6 Å². The van der Waals surface area contributed by atoms with Gasteiger partial charge in [-0.3, -0.25) is 4.79 Å². The predicted octanol–water partition coefficient (Wildman–Crippen LogP) is 2.55. The number of rotatable bonds is 4. The Morgan fingerprint density at radius 1 is 1.11 bits per heavy atom. The molecule has 0 aromatic heterocycles. The Balaban J connectivity index is 2.67. The predicted molar refractivity (Wildman–Crippen MR) is 67.4 cm³/mol. The first-order valence-electron chi connectivity index (χ1n) is 5.49. The van der Waals surface area contributed by atoms with Gasteiger partial charge in [-0.05, 0) is 31.5 Å². The summed E-state index contributed by atoms with van der Waals surface area (Å²) in [6, 6.07) is 6.89. The Morgan fingerprint density at radius 3 is 2.17 bits per heavy atom. The van der Waals surface area contributed by atoms with Crippen molar-refractivity contribution < 1.29 is 19.1 Å². The van der Waals surface area contributed by atoms with Gasteiger partial charge >= 0.3 is 11.9 Å². The molecule has 0 fully saturated rings. The van der Waals surface area contributed by atoms with Crippen LogP contribution in [0.1, 0.15) is 25.3 Å². The van der Waals surface area contributed by atoms with E-state index in [0.29, 0.717) is 5.02 Å². The highest BCUT2D eigenvalue weighted by molar-refractivity contribution is 6.30. The Hall–Kier alpha value is -1.55. The number of ether oxygens (including phenoxy) is 2. The van der Waals surface area contributed by atoms with E-state index < -0.39 is 24.0 Å². The molecule has 4 nitrogen and oxygen atoms in total. The molecule has 0 saturated heterocycles. The molecule has 0 N–H and O–H groups in total. The molecule has 0 amide bonds. The molecular weight excluding hydrogens is 256 g/mol. The Kier molecular flexibility index (Phi) is 5.16. The molecule has 1 aromatic rings. The molecule has 2 unspecified atom stereocenters. The third kappa shape index (κ3) is 3.74. The summed E-state index contributed by atoms with van der Waals surface area (Å²) in [6.07, 6.45) is -0.905. The van der Waals surface area contributed by atoms with Crippen molar-refractivity contribution in [1.82, 2.24) is 0 Å². The van der Waals surface area contributed by atoms with E-state index in [1.54, 1.807) is 31.2 Å². The largest absolute Gasteiger partial charge is 0.466 e. The average molecular weight is 271 g/mol. The molecule has 0 saturated carbocycles. The van der Waals surface area contributed by atoms with Gasteiger partial charge in [0.25, 0.3) is 0 Å². The lowest BCUT2D eigenvalue weighted by Crippen LogP contribution is -2.27. The molecule has 1 aromatic carbocycles. The van der Waals surface area contributed by atoms with E-state index >= 15 is 0 Å². The zero-order valence-corrected chi connectivity index (χ0v) is 11.2. The molecule has 0 radical (unpaired) electrons. The van der Waals surface area contributed by atoms with Gasteiger partial charge in [-0.25, -0.2) is 4.79 Å². The number of hydrogen-bond donors (Lipinski definition) is 0. The fraction of sp³-hybridized carbons (Fsp3) is 0.385. The zero-order chi connectivity index (χ0) is 13.7. The third-order valence-electron chi connectivity index (χ3n) is 2.55. The number of hydrogen-bond acceptors (Lipinski definition) is 4. The van der Waals surface area contributed by atoms with E-state index in [0.717, 1.165) is 5.56 Å². The van der Waals surface area contributed by atoms with E-state index in [9.17, 15) is 9.59 Å². The van der Waals surface area contributed by atoms with Crippen molar-refractivity contribution in [3.8, 4) is 0 Å². The lowest BCUT2D eigenvalue weighted by Gasteiger charge is -2.15. The third-order valence-corrected chi connectivity index (χ3v) is 2.80. The Morgan fingerprint density at radius 2 is 1.67 bits per heavy atom. The summed E-state index contributed by atoms with van der Waals surface area (Å²) >= 11 is 5.76. The maximum absolute atomic E-state index is 11.8. The second-order valence-electron chi connectivity index (χ2n) is 3.88. The summed E-state index contributed by atoms with van der Waals surface area (Å²) in [4.78, 5) is 22.9. The number of halogens is 1. The number of carbonyl (C=O) groups excluding carboxylic acids is 2. The van der Waals surface area contributed by atoms with Crippen molar-refractivity contribution in [3.05, 3.63) is 34.9 Å². The normalized spacial score (nSPS) is 13.6. The smallest absolute Gasteiger partial charge is 0.346 e. The molecule has 18 heavy (non-hydrogen) atoms. The fourth-order valence-corrected chi connectivity index (χ4v) is 1.50. The number of carbonyl (C=O) groups is 2. The summed E-state index contributed by atoms with van der Waals surface area (Å²) in [7, 11) is 1.25. The highest BCUT2D eigenvalue weighted by atomic mass is 35.5. The van der Waals surface area contributed by atoms with E-state index in [-0.39, 0.29) is 0 Å². The highest BCUT2D eigenvalue weighted by Crippen LogP contribution is 2.20. The van der Waals surface area contributed by atoms with Crippen molar-refractivity contribution >= 4 is 23.5 Å². The van der Waals surface area contributed by atoms with Crippen molar-refractivity contribution in [1.29, 1.82) is 0 Å². The minimum Gasteiger partial charge on any atom is -0.466 e. The van der Waals surface area contributed by atoms with Crippen LogP contribution in [0.4, 0.5) is 0 Å². The van der Waals surface area contributed by atoms with Gasteiger partial charge in [-0.1, -0.05) is 23.7 Å². The first-order valence-corrected chi connectivity index (χ1v) is 5.87. The van der Waals surface area contributed by atoms with Crippen LogP contribution in [-0.4, -0.2) is 25.2 Å². The van der Waals surface area contributed by atoms with Crippen molar-refractivity contribution in [2.75, 3.05) is 7.11 Å². The first-order chi connectivity index (χ1) is 8.45. The summed E-state index contributed by atoms with van der Waals surface area (Å²) in [6.45, 7) is 3.17. The van der Waals surface area contributed by atoms with E-state index in [1.807, 2.05) is 0 Å². The average Bonchev–Trinajstić information content (AvgIpc) is 2.37. The van der Waals surface area contributed by atoms with Crippen LogP contribution in [-0.2, 0) is 19.1 Å². The molecule has 0 spiro atoms. The molecule has 1 rings (SSSR count). The number of benzene rings is 1. The monoisotopic (exact) mass is 270 g/mol. The van der Waals surface area contributed by atoms with Gasteiger partial charge in [0.05, 0.1) is 13.0 Å². The standard InChI is InChI=1S/C13H15ClO4/c1-8(10-4-6-11(14)7-5-10)12(15)18-9(2)13(16)17-3/h4-9H,1-3H3.